The number of ether oxygens (including phenoxy) is 1. The molecule has 0 radical (unpaired) electrons. The number of aryl methyl sites for hydroxylation is 1. The van der Waals surface area contributed by atoms with Gasteiger partial charge >= 0.3 is 0 Å². The first-order valence-corrected chi connectivity index (χ1v) is 10.6. The van der Waals surface area contributed by atoms with Crippen molar-refractivity contribution >= 4 is 23.5 Å². The Balaban J connectivity index is 1.44. The lowest BCUT2D eigenvalue weighted by Crippen LogP contribution is -2.42. The number of nitrogens with zero attached hydrogens (tertiary/aromatic N) is 4. The number of amides is 1. The third-order valence-electron chi connectivity index (χ3n) is 6.05. The van der Waals surface area contributed by atoms with E-state index in [9.17, 15) is 9.90 Å². The molecule has 0 unspecified atom stereocenters. The van der Waals surface area contributed by atoms with Gasteiger partial charge in [0.15, 0.2) is 0 Å². The summed E-state index contributed by atoms with van der Waals surface area (Å²) < 4.78 is 6.03. The first-order valence-electron chi connectivity index (χ1n) is 10.2. The van der Waals surface area contributed by atoms with Gasteiger partial charge in [0.1, 0.15) is 11.9 Å². The summed E-state index contributed by atoms with van der Waals surface area (Å²) in [6.45, 7) is 3.13. The van der Waals surface area contributed by atoms with Crippen molar-refractivity contribution in [2.45, 2.75) is 32.0 Å². The van der Waals surface area contributed by atoms with Crippen LogP contribution in [0.15, 0.2) is 30.5 Å². The van der Waals surface area contributed by atoms with Crippen molar-refractivity contribution in [2.24, 2.45) is 11.8 Å². The van der Waals surface area contributed by atoms with Gasteiger partial charge in [0, 0.05) is 38.4 Å². The van der Waals surface area contributed by atoms with Crippen molar-refractivity contribution in [3.63, 3.8) is 0 Å². The van der Waals surface area contributed by atoms with Crippen LogP contribution in [-0.2, 0) is 0 Å². The molecule has 160 valence electrons. The van der Waals surface area contributed by atoms with E-state index in [-0.39, 0.29) is 17.9 Å². The van der Waals surface area contributed by atoms with Gasteiger partial charge in [-0.15, -0.1) is 0 Å². The summed E-state index contributed by atoms with van der Waals surface area (Å²) in [6.07, 6.45) is 2.07. The Labute approximate surface area is 181 Å². The van der Waals surface area contributed by atoms with Crippen LogP contribution in [0.4, 0.5) is 5.95 Å². The van der Waals surface area contributed by atoms with E-state index < -0.39 is 6.10 Å². The van der Waals surface area contributed by atoms with Crippen LogP contribution < -0.4 is 9.64 Å². The van der Waals surface area contributed by atoms with Gasteiger partial charge in [-0.05, 0) is 49.8 Å². The second kappa shape index (κ2) is 8.40. The van der Waals surface area contributed by atoms with Crippen molar-refractivity contribution in [1.82, 2.24) is 14.9 Å². The Morgan fingerprint density at radius 2 is 2.00 bits per heavy atom. The van der Waals surface area contributed by atoms with Crippen molar-refractivity contribution in [3.05, 3.63) is 46.7 Å². The van der Waals surface area contributed by atoms with Gasteiger partial charge in [-0.1, -0.05) is 17.7 Å². The molecule has 1 aromatic carbocycles. The molecule has 2 fully saturated rings. The molecule has 1 saturated carbocycles. The van der Waals surface area contributed by atoms with E-state index >= 15 is 0 Å². The van der Waals surface area contributed by atoms with Gasteiger partial charge in [0.25, 0.3) is 5.91 Å². The van der Waals surface area contributed by atoms with E-state index in [1.165, 1.54) is 0 Å². The van der Waals surface area contributed by atoms with E-state index in [2.05, 4.69) is 9.97 Å². The van der Waals surface area contributed by atoms with Crippen molar-refractivity contribution in [2.75, 3.05) is 32.1 Å². The molecular weight excluding hydrogens is 404 g/mol. The zero-order valence-corrected chi connectivity index (χ0v) is 18.2. The highest BCUT2D eigenvalue weighted by Crippen LogP contribution is 2.38. The lowest BCUT2D eigenvalue weighted by molar-refractivity contribution is -0.0231. The molecule has 1 saturated heterocycles. The minimum atomic E-state index is -0.565. The largest absolute Gasteiger partial charge is 0.488 e. The van der Waals surface area contributed by atoms with Crippen molar-refractivity contribution < 1.29 is 14.6 Å². The van der Waals surface area contributed by atoms with E-state index in [0.717, 1.165) is 0 Å². The minimum Gasteiger partial charge on any atom is -0.488 e. The third-order valence-corrected chi connectivity index (χ3v) is 6.29. The molecular formula is C22H27ClN4O3. The van der Waals surface area contributed by atoms with Gasteiger partial charge in [0.05, 0.1) is 17.4 Å². The summed E-state index contributed by atoms with van der Waals surface area (Å²) >= 11 is 6.04. The number of fused-ring (bicyclic) bond motifs is 1. The molecule has 2 heterocycles. The highest BCUT2D eigenvalue weighted by atomic mass is 35.5. The number of carbonyl (C=O) groups is 1. The van der Waals surface area contributed by atoms with Crippen LogP contribution in [0.2, 0.25) is 5.02 Å². The van der Waals surface area contributed by atoms with Crippen LogP contribution in [0, 0.1) is 18.8 Å². The maximum atomic E-state index is 13.1. The zero-order valence-electron chi connectivity index (χ0n) is 17.5. The Bertz CT molecular complexity index is 938. The van der Waals surface area contributed by atoms with Crippen molar-refractivity contribution in [3.8, 4) is 5.75 Å². The number of likely N-dealkylation sites (tertiary alicyclic amines) is 1. The second-order valence-corrected chi connectivity index (χ2v) is 8.88. The number of benzene rings is 1. The Morgan fingerprint density at radius 3 is 2.67 bits per heavy atom. The number of hydrogen-bond acceptors (Lipinski definition) is 6. The molecule has 2 aromatic rings. The molecule has 30 heavy (non-hydrogen) atoms. The Hall–Kier alpha value is -2.38. The molecule has 1 amide bonds. The average molecular weight is 431 g/mol. The van der Waals surface area contributed by atoms with Gasteiger partial charge in [0.2, 0.25) is 5.95 Å². The second-order valence-electron chi connectivity index (χ2n) is 8.45. The Kier molecular flexibility index (Phi) is 5.84. The first kappa shape index (κ1) is 20.9. The lowest BCUT2D eigenvalue weighted by Gasteiger charge is -2.35. The van der Waals surface area contributed by atoms with Crippen LogP contribution in [0.3, 0.4) is 0 Å². The lowest BCUT2D eigenvalue weighted by atomic mass is 9.78. The molecule has 1 aliphatic heterocycles. The number of carbonyl (C=O) groups excluding carboxylic acids is 1. The summed E-state index contributed by atoms with van der Waals surface area (Å²) in [5.74, 6) is 1.76. The smallest absolute Gasteiger partial charge is 0.257 e. The molecule has 0 spiro atoms. The van der Waals surface area contributed by atoms with Crippen LogP contribution in [-0.4, -0.2) is 65.3 Å². The molecule has 8 heteroatoms. The monoisotopic (exact) mass is 430 g/mol. The first-order chi connectivity index (χ1) is 14.3. The Morgan fingerprint density at radius 1 is 1.27 bits per heavy atom. The third kappa shape index (κ3) is 4.23. The predicted molar refractivity (Wildman–Crippen MR) is 115 cm³/mol. The number of halogens is 1. The maximum Gasteiger partial charge on any atom is 0.257 e. The molecule has 1 aliphatic carbocycles. The van der Waals surface area contributed by atoms with Crippen molar-refractivity contribution in [1.29, 1.82) is 0 Å². The predicted octanol–water partition coefficient (Wildman–Crippen LogP) is 2.79. The molecule has 1 N–H and O–H groups in total. The minimum absolute atomic E-state index is 0.0472. The summed E-state index contributed by atoms with van der Waals surface area (Å²) in [7, 11) is 3.74. The number of aliphatic hydroxyl groups is 1. The zero-order chi connectivity index (χ0) is 21.4. The van der Waals surface area contributed by atoms with Gasteiger partial charge < -0.3 is 19.6 Å². The van der Waals surface area contributed by atoms with Crippen LogP contribution >= 0.6 is 11.6 Å². The summed E-state index contributed by atoms with van der Waals surface area (Å²) in [5.41, 5.74) is 1.21. The van der Waals surface area contributed by atoms with E-state index in [0.29, 0.717) is 59.8 Å². The summed E-state index contributed by atoms with van der Waals surface area (Å²) in [5, 5.41) is 11.2. The number of hydrogen-bond donors (Lipinski definition) is 1. The molecule has 7 nitrogen and oxygen atoms in total. The normalized spacial score (nSPS) is 25.7. The highest BCUT2D eigenvalue weighted by molar-refractivity contribution is 6.30. The maximum absolute atomic E-state index is 13.1. The van der Waals surface area contributed by atoms with Gasteiger partial charge in [-0.2, -0.15) is 0 Å². The number of aliphatic hydroxyl groups excluding tert-OH is 1. The number of rotatable bonds is 4. The average Bonchev–Trinajstić information content (AvgIpc) is 3.10. The molecule has 1 aromatic heterocycles. The topological polar surface area (TPSA) is 78.8 Å². The fourth-order valence-corrected chi connectivity index (χ4v) is 4.63. The van der Waals surface area contributed by atoms with Gasteiger partial charge in [-0.25, -0.2) is 9.97 Å². The fourth-order valence-electron chi connectivity index (χ4n) is 4.45. The highest BCUT2D eigenvalue weighted by Gasteiger charge is 2.44. The van der Waals surface area contributed by atoms with E-state index in [1.807, 2.05) is 43.0 Å². The standard InChI is InChI=1S/C22H27ClN4O3/c1-13-18(10-24-22(25-13)26(2)3)21(29)27-11-14-7-19(28)20(8-15(14)12-27)30-17-6-4-5-16(23)9-17/h4-6,9-10,14-15,19-20,28H,7-8,11-12H2,1-3H3/t14-,15+,19+,20+/m0/s1. The molecule has 4 rings (SSSR count). The molecule has 0 bridgehead atoms. The van der Waals surface area contributed by atoms with Crippen LogP contribution in [0.5, 0.6) is 5.75 Å². The van der Waals surface area contributed by atoms with E-state index in [1.54, 1.807) is 18.3 Å². The fraction of sp³-hybridized carbons (Fsp3) is 0.500. The van der Waals surface area contributed by atoms with Gasteiger partial charge in [-0.3, -0.25) is 4.79 Å². The quantitative estimate of drug-likeness (QED) is 0.803. The van der Waals surface area contributed by atoms with Crippen LogP contribution in [0.25, 0.3) is 0 Å². The van der Waals surface area contributed by atoms with E-state index in [4.69, 9.17) is 16.3 Å². The summed E-state index contributed by atoms with van der Waals surface area (Å²) in [6, 6.07) is 7.22. The summed E-state index contributed by atoms with van der Waals surface area (Å²) in [4.78, 5) is 25.5. The number of anilines is 1. The molecule has 2 aliphatic rings. The SMILES string of the molecule is Cc1nc(N(C)C)ncc1C(=O)N1C[C@H]2C[C@@H](Oc3cccc(Cl)c3)[C@H](O)C[C@H]2C1. The number of aromatic nitrogens is 2. The molecule has 4 atom stereocenters. The van der Waals surface area contributed by atoms with Crippen LogP contribution in [0.1, 0.15) is 28.9 Å².